The van der Waals surface area contributed by atoms with Crippen molar-refractivity contribution in [3.63, 3.8) is 0 Å². The van der Waals surface area contributed by atoms with Crippen LogP contribution in [0.5, 0.6) is 0 Å². The van der Waals surface area contributed by atoms with Gasteiger partial charge >= 0.3 is 0 Å². The Labute approximate surface area is 119 Å². The molecule has 0 unspecified atom stereocenters. The molecule has 0 saturated heterocycles. The van der Waals surface area contributed by atoms with Crippen molar-refractivity contribution in [3.05, 3.63) is 17.8 Å². The topological polar surface area (TPSA) is 95.0 Å². The van der Waals surface area contributed by atoms with Gasteiger partial charge < -0.3 is 16.2 Å². The van der Waals surface area contributed by atoms with Gasteiger partial charge in [-0.15, -0.1) is 0 Å². The van der Waals surface area contributed by atoms with Crippen molar-refractivity contribution in [1.29, 1.82) is 5.26 Å². The summed E-state index contributed by atoms with van der Waals surface area (Å²) in [7, 11) is 0. The Balaban J connectivity index is 1.97. The third-order valence-corrected chi connectivity index (χ3v) is 4.31. The molecule has 1 heterocycles. The molecule has 5 heteroatoms. The molecule has 0 aromatic carbocycles. The number of anilines is 2. The van der Waals surface area contributed by atoms with Crippen LogP contribution in [0.3, 0.4) is 0 Å². The highest BCUT2D eigenvalue weighted by Crippen LogP contribution is 2.34. The SMILES string of the molecule is CCC1CCC(O)(CNc2nccc(C#N)c2N)CC1. The second-order valence-corrected chi connectivity index (χ2v) is 5.66. The van der Waals surface area contributed by atoms with Crippen LogP contribution in [-0.4, -0.2) is 22.2 Å². The highest BCUT2D eigenvalue weighted by molar-refractivity contribution is 5.68. The van der Waals surface area contributed by atoms with Gasteiger partial charge in [0.25, 0.3) is 0 Å². The average Bonchev–Trinajstić information content (AvgIpc) is 2.47. The van der Waals surface area contributed by atoms with Crippen LogP contribution in [0.1, 0.15) is 44.6 Å². The van der Waals surface area contributed by atoms with Crippen LogP contribution in [0.15, 0.2) is 12.3 Å². The minimum absolute atomic E-state index is 0.348. The molecular formula is C15H22N4O. The van der Waals surface area contributed by atoms with E-state index in [2.05, 4.69) is 17.2 Å². The van der Waals surface area contributed by atoms with E-state index in [9.17, 15) is 5.11 Å². The van der Waals surface area contributed by atoms with Gasteiger partial charge in [-0.3, -0.25) is 0 Å². The summed E-state index contributed by atoms with van der Waals surface area (Å²) in [5, 5.41) is 22.6. The van der Waals surface area contributed by atoms with Crippen molar-refractivity contribution in [2.24, 2.45) is 5.92 Å². The molecule has 1 aromatic heterocycles. The molecule has 1 fully saturated rings. The van der Waals surface area contributed by atoms with Crippen LogP contribution < -0.4 is 11.1 Å². The fourth-order valence-electron chi connectivity index (χ4n) is 2.76. The van der Waals surface area contributed by atoms with E-state index >= 15 is 0 Å². The monoisotopic (exact) mass is 274 g/mol. The summed E-state index contributed by atoms with van der Waals surface area (Å²) in [5.74, 6) is 1.22. The number of nitriles is 1. The van der Waals surface area contributed by atoms with E-state index in [0.29, 0.717) is 23.6 Å². The van der Waals surface area contributed by atoms with E-state index in [1.54, 1.807) is 12.3 Å². The van der Waals surface area contributed by atoms with Crippen molar-refractivity contribution in [3.8, 4) is 6.07 Å². The Morgan fingerprint density at radius 1 is 1.55 bits per heavy atom. The normalized spacial score (nSPS) is 25.9. The van der Waals surface area contributed by atoms with Gasteiger partial charge in [-0.05, 0) is 37.7 Å². The van der Waals surface area contributed by atoms with Gasteiger partial charge in [-0.25, -0.2) is 4.98 Å². The van der Waals surface area contributed by atoms with Crippen LogP contribution in [0.25, 0.3) is 0 Å². The van der Waals surface area contributed by atoms with E-state index in [1.807, 2.05) is 6.07 Å². The molecule has 4 N–H and O–H groups in total. The number of rotatable bonds is 4. The molecule has 0 amide bonds. The fourth-order valence-corrected chi connectivity index (χ4v) is 2.76. The number of pyridine rings is 1. The van der Waals surface area contributed by atoms with Crippen LogP contribution in [0, 0.1) is 17.2 Å². The second kappa shape index (κ2) is 6.10. The summed E-state index contributed by atoms with van der Waals surface area (Å²) in [6.45, 7) is 2.63. The molecule has 0 radical (unpaired) electrons. The van der Waals surface area contributed by atoms with Crippen molar-refractivity contribution in [2.75, 3.05) is 17.6 Å². The van der Waals surface area contributed by atoms with Crippen LogP contribution in [0.2, 0.25) is 0 Å². The molecule has 0 atom stereocenters. The number of nitrogen functional groups attached to an aromatic ring is 1. The van der Waals surface area contributed by atoms with Gasteiger partial charge in [0.15, 0.2) is 5.82 Å². The zero-order chi connectivity index (χ0) is 14.6. The smallest absolute Gasteiger partial charge is 0.150 e. The maximum absolute atomic E-state index is 10.6. The van der Waals surface area contributed by atoms with E-state index in [-0.39, 0.29) is 0 Å². The third-order valence-electron chi connectivity index (χ3n) is 4.31. The minimum Gasteiger partial charge on any atom is -0.395 e. The minimum atomic E-state index is -0.692. The molecule has 108 valence electrons. The third kappa shape index (κ3) is 3.20. The summed E-state index contributed by atoms with van der Waals surface area (Å²) in [6, 6.07) is 3.61. The number of aromatic nitrogens is 1. The van der Waals surface area contributed by atoms with E-state index in [4.69, 9.17) is 11.0 Å². The predicted molar refractivity (Wildman–Crippen MR) is 79.1 cm³/mol. The van der Waals surface area contributed by atoms with Gasteiger partial charge in [-0.1, -0.05) is 13.3 Å². The molecule has 0 bridgehead atoms. The molecule has 20 heavy (non-hydrogen) atoms. The van der Waals surface area contributed by atoms with Crippen molar-refractivity contribution >= 4 is 11.5 Å². The number of aliphatic hydroxyl groups is 1. The van der Waals surface area contributed by atoms with Gasteiger partial charge in [-0.2, -0.15) is 5.26 Å². The first-order valence-electron chi connectivity index (χ1n) is 7.19. The van der Waals surface area contributed by atoms with Crippen LogP contribution in [-0.2, 0) is 0 Å². The second-order valence-electron chi connectivity index (χ2n) is 5.66. The standard InChI is InChI=1S/C15H22N4O/c1-2-11-3-6-15(20,7-4-11)10-19-14-13(17)12(9-16)5-8-18-14/h5,8,11,20H,2-4,6-7,10,17H2,1H3,(H,18,19). The number of hydrogen-bond donors (Lipinski definition) is 3. The maximum Gasteiger partial charge on any atom is 0.150 e. The maximum atomic E-state index is 10.6. The lowest BCUT2D eigenvalue weighted by Crippen LogP contribution is -2.40. The van der Waals surface area contributed by atoms with Gasteiger partial charge in [0.2, 0.25) is 0 Å². The van der Waals surface area contributed by atoms with E-state index in [0.717, 1.165) is 31.6 Å². The van der Waals surface area contributed by atoms with Crippen molar-refractivity contribution in [1.82, 2.24) is 4.98 Å². The molecule has 1 saturated carbocycles. The largest absolute Gasteiger partial charge is 0.395 e. The summed E-state index contributed by atoms with van der Waals surface area (Å²) in [4.78, 5) is 4.14. The molecule has 0 aliphatic heterocycles. The van der Waals surface area contributed by atoms with Crippen molar-refractivity contribution < 1.29 is 5.11 Å². The quantitative estimate of drug-likeness (QED) is 0.783. The first kappa shape index (κ1) is 14.6. The molecule has 1 aliphatic rings. The zero-order valence-corrected chi connectivity index (χ0v) is 11.9. The number of nitrogens with one attached hydrogen (secondary N) is 1. The Hall–Kier alpha value is -1.80. The Morgan fingerprint density at radius 3 is 2.85 bits per heavy atom. The van der Waals surface area contributed by atoms with Gasteiger partial charge in [0.1, 0.15) is 6.07 Å². The molecule has 2 rings (SSSR count). The van der Waals surface area contributed by atoms with Gasteiger partial charge in [0, 0.05) is 12.7 Å². The van der Waals surface area contributed by atoms with Crippen LogP contribution in [0.4, 0.5) is 11.5 Å². The summed E-state index contributed by atoms with van der Waals surface area (Å²) < 4.78 is 0. The molecule has 1 aliphatic carbocycles. The van der Waals surface area contributed by atoms with E-state index < -0.39 is 5.60 Å². The van der Waals surface area contributed by atoms with Gasteiger partial charge in [0.05, 0.1) is 16.9 Å². The Bertz CT molecular complexity index is 501. The lowest BCUT2D eigenvalue weighted by Gasteiger charge is -2.36. The number of hydrogen-bond acceptors (Lipinski definition) is 5. The highest BCUT2D eigenvalue weighted by atomic mass is 16.3. The molecular weight excluding hydrogens is 252 g/mol. The Morgan fingerprint density at radius 2 is 2.25 bits per heavy atom. The fraction of sp³-hybridized carbons (Fsp3) is 0.600. The molecule has 0 spiro atoms. The predicted octanol–water partition coefficient (Wildman–Crippen LogP) is 2.28. The first-order valence-corrected chi connectivity index (χ1v) is 7.19. The summed E-state index contributed by atoms with van der Waals surface area (Å²) in [6.07, 6.45) is 6.47. The Kier molecular flexibility index (Phi) is 4.46. The lowest BCUT2D eigenvalue weighted by molar-refractivity contribution is 0.00224. The summed E-state index contributed by atoms with van der Waals surface area (Å²) >= 11 is 0. The molecule has 1 aromatic rings. The van der Waals surface area contributed by atoms with E-state index in [1.165, 1.54) is 6.42 Å². The molecule has 5 nitrogen and oxygen atoms in total. The highest BCUT2D eigenvalue weighted by Gasteiger charge is 2.32. The number of nitrogens with two attached hydrogens (primary N) is 1. The zero-order valence-electron chi connectivity index (χ0n) is 11.9. The van der Waals surface area contributed by atoms with Crippen LogP contribution >= 0.6 is 0 Å². The average molecular weight is 274 g/mol. The van der Waals surface area contributed by atoms with Crippen molar-refractivity contribution in [2.45, 2.75) is 44.6 Å². The summed E-state index contributed by atoms with van der Waals surface area (Å²) in [5.41, 5.74) is 5.93. The lowest BCUT2D eigenvalue weighted by atomic mass is 9.78. The first-order chi connectivity index (χ1) is 9.58. The number of nitrogens with zero attached hydrogens (tertiary/aromatic N) is 2.